The van der Waals surface area contributed by atoms with E-state index in [-0.39, 0.29) is 5.91 Å². The molecule has 1 aromatic rings. The fraction of sp³-hybridized carbons (Fsp3) is 0.588. The summed E-state index contributed by atoms with van der Waals surface area (Å²) in [6.45, 7) is 6.97. The quantitative estimate of drug-likeness (QED) is 0.902. The highest BCUT2D eigenvalue weighted by molar-refractivity contribution is 5.85. The molecule has 22 heavy (non-hydrogen) atoms. The number of rotatable bonds is 5. The highest BCUT2D eigenvalue weighted by Gasteiger charge is 2.33. The molecule has 0 saturated carbocycles. The zero-order chi connectivity index (χ0) is 16.2. The van der Waals surface area contributed by atoms with E-state index in [0.29, 0.717) is 13.1 Å². The average molecular weight is 305 g/mol. The second-order valence-corrected chi connectivity index (χ2v) is 6.15. The minimum absolute atomic E-state index is 0.0691. The van der Waals surface area contributed by atoms with Crippen molar-refractivity contribution in [1.29, 1.82) is 0 Å². The van der Waals surface area contributed by atoms with Gasteiger partial charge in [-0.05, 0) is 25.5 Å². The van der Waals surface area contributed by atoms with Gasteiger partial charge in [-0.25, -0.2) is 0 Å². The number of carbonyl (C=O) groups excluding carboxylic acids is 1. The normalized spacial score (nSPS) is 18.0. The summed E-state index contributed by atoms with van der Waals surface area (Å²) >= 11 is 0. The number of nitrogens with zero attached hydrogens (tertiary/aromatic N) is 2. The lowest BCUT2D eigenvalue weighted by atomic mass is 9.95. The summed E-state index contributed by atoms with van der Waals surface area (Å²) in [4.78, 5) is 16.7. The van der Waals surface area contributed by atoms with E-state index in [1.165, 1.54) is 0 Å². The minimum atomic E-state index is -0.743. The summed E-state index contributed by atoms with van der Waals surface area (Å²) in [6.07, 6.45) is 1.64. The van der Waals surface area contributed by atoms with Crippen molar-refractivity contribution < 1.29 is 9.53 Å². The average Bonchev–Trinajstić information content (AvgIpc) is 2.54. The molecule has 1 atom stereocenters. The van der Waals surface area contributed by atoms with Crippen LogP contribution in [0.3, 0.4) is 0 Å². The predicted octanol–water partition coefficient (Wildman–Crippen LogP) is 1.86. The van der Waals surface area contributed by atoms with Gasteiger partial charge in [0.25, 0.3) is 0 Å². The van der Waals surface area contributed by atoms with E-state index in [2.05, 4.69) is 17.9 Å². The van der Waals surface area contributed by atoms with E-state index in [4.69, 9.17) is 10.5 Å². The number of nitrogens with two attached hydrogens (primary N) is 1. The van der Waals surface area contributed by atoms with Gasteiger partial charge in [-0.3, -0.25) is 4.79 Å². The summed E-state index contributed by atoms with van der Waals surface area (Å²) in [5.74, 6) is 0.924. The molecule has 2 rings (SSSR count). The predicted molar refractivity (Wildman–Crippen MR) is 89.3 cm³/mol. The van der Waals surface area contributed by atoms with Crippen LogP contribution in [0.25, 0.3) is 0 Å². The van der Waals surface area contributed by atoms with Gasteiger partial charge in [-0.15, -0.1) is 0 Å². The van der Waals surface area contributed by atoms with Crippen molar-refractivity contribution in [2.24, 2.45) is 5.73 Å². The summed E-state index contributed by atoms with van der Waals surface area (Å²) in [5, 5.41) is 0. The number of benzene rings is 1. The fourth-order valence-electron chi connectivity index (χ4n) is 2.96. The van der Waals surface area contributed by atoms with Crippen molar-refractivity contribution >= 4 is 11.6 Å². The van der Waals surface area contributed by atoms with Gasteiger partial charge in [0.05, 0.1) is 12.6 Å². The van der Waals surface area contributed by atoms with Crippen molar-refractivity contribution in [3.63, 3.8) is 0 Å². The highest BCUT2D eigenvalue weighted by Crippen LogP contribution is 2.23. The van der Waals surface area contributed by atoms with E-state index < -0.39 is 5.54 Å². The van der Waals surface area contributed by atoms with Crippen molar-refractivity contribution in [2.45, 2.75) is 32.2 Å². The van der Waals surface area contributed by atoms with Crippen LogP contribution in [0.5, 0.6) is 5.75 Å². The van der Waals surface area contributed by atoms with Gasteiger partial charge >= 0.3 is 0 Å². The summed E-state index contributed by atoms with van der Waals surface area (Å²) in [5.41, 5.74) is 6.56. The summed E-state index contributed by atoms with van der Waals surface area (Å²) in [7, 11) is 1.67. The first-order valence-electron chi connectivity index (χ1n) is 7.95. The van der Waals surface area contributed by atoms with Crippen LogP contribution in [0.2, 0.25) is 0 Å². The lowest BCUT2D eigenvalue weighted by Crippen LogP contribution is -2.58. The number of anilines is 1. The molecule has 1 heterocycles. The maximum absolute atomic E-state index is 12.5. The van der Waals surface area contributed by atoms with Gasteiger partial charge in [-0.1, -0.05) is 19.4 Å². The Labute approximate surface area is 133 Å². The molecular weight excluding hydrogens is 278 g/mol. The van der Waals surface area contributed by atoms with Gasteiger partial charge in [0, 0.05) is 37.9 Å². The lowest BCUT2D eigenvalue weighted by Gasteiger charge is -2.39. The lowest BCUT2D eigenvalue weighted by molar-refractivity contribution is -0.137. The molecule has 122 valence electrons. The molecule has 0 radical (unpaired) electrons. The van der Waals surface area contributed by atoms with Crippen LogP contribution in [-0.4, -0.2) is 49.6 Å². The van der Waals surface area contributed by atoms with Crippen LogP contribution in [-0.2, 0) is 4.79 Å². The Hall–Kier alpha value is -1.75. The zero-order valence-corrected chi connectivity index (χ0v) is 13.8. The van der Waals surface area contributed by atoms with E-state index >= 15 is 0 Å². The Morgan fingerprint density at radius 3 is 2.59 bits per heavy atom. The fourth-order valence-corrected chi connectivity index (χ4v) is 2.96. The van der Waals surface area contributed by atoms with Gasteiger partial charge in [0.1, 0.15) is 5.75 Å². The number of hydrogen-bond acceptors (Lipinski definition) is 4. The zero-order valence-electron chi connectivity index (χ0n) is 13.8. The topological polar surface area (TPSA) is 58.8 Å². The maximum atomic E-state index is 12.5. The van der Waals surface area contributed by atoms with Crippen molar-refractivity contribution in [2.75, 3.05) is 38.2 Å². The standard InChI is InChI=1S/C17H27N3O2/c1-4-8-17(2,18)16(21)20-11-9-19(10-12-20)14-6-5-7-15(13-14)22-3/h5-7,13H,4,8-12,18H2,1-3H3. The molecule has 1 fully saturated rings. The maximum Gasteiger partial charge on any atom is 0.242 e. The van der Waals surface area contributed by atoms with E-state index in [0.717, 1.165) is 37.4 Å². The number of methoxy groups -OCH3 is 1. The van der Waals surface area contributed by atoms with Crippen LogP contribution in [0, 0.1) is 0 Å². The largest absolute Gasteiger partial charge is 0.497 e. The molecule has 1 unspecified atom stereocenters. The van der Waals surface area contributed by atoms with Crippen molar-refractivity contribution in [3.8, 4) is 5.75 Å². The third-order valence-corrected chi connectivity index (χ3v) is 4.24. The highest BCUT2D eigenvalue weighted by atomic mass is 16.5. The Bertz CT molecular complexity index is 508. The van der Waals surface area contributed by atoms with Gasteiger partial charge in [0.15, 0.2) is 0 Å². The molecule has 1 amide bonds. The van der Waals surface area contributed by atoms with Crippen LogP contribution < -0.4 is 15.4 Å². The molecule has 2 N–H and O–H groups in total. The SMILES string of the molecule is CCCC(C)(N)C(=O)N1CCN(c2cccc(OC)c2)CC1. The van der Waals surface area contributed by atoms with Crippen molar-refractivity contribution in [3.05, 3.63) is 24.3 Å². The smallest absolute Gasteiger partial charge is 0.242 e. The van der Waals surface area contributed by atoms with Gasteiger partial charge in [-0.2, -0.15) is 0 Å². The molecular formula is C17H27N3O2. The van der Waals surface area contributed by atoms with E-state index in [1.807, 2.05) is 30.0 Å². The Balaban J connectivity index is 1.96. The molecule has 1 aliphatic heterocycles. The second kappa shape index (κ2) is 7.01. The molecule has 0 aromatic heterocycles. The van der Waals surface area contributed by atoms with Crippen LogP contribution in [0.1, 0.15) is 26.7 Å². The molecule has 1 aliphatic rings. The first-order chi connectivity index (χ1) is 10.5. The van der Waals surface area contributed by atoms with Crippen LogP contribution in [0.15, 0.2) is 24.3 Å². The Kier molecular flexibility index (Phi) is 5.29. The molecule has 0 spiro atoms. The monoisotopic (exact) mass is 305 g/mol. The van der Waals surface area contributed by atoms with E-state index in [9.17, 15) is 4.79 Å². The number of amides is 1. The number of hydrogen-bond donors (Lipinski definition) is 1. The Morgan fingerprint density at radius 1 is 1.32 bits per heavy atom. The second-order valence-electron chi connectivity index (χ2n) is 6.15. The first-order valence-corrected chi connectivity index (χ1v) is 7.95. The van der Waals surface area contributed by atoms with E-state index in [1.54, 1.807) is 7.11 Å². The van der Waals surface area contributed by atoms with Gasteiger partial charge in [0.2, 0.25) is 5.91 Å². The number of carbonyl (C=O) groups is 1. The summed E-state index contributed by atoms with van der Waals surface area (Å²) in [6, 6.07) is 8.03. The Morgan fingerprint density at radius 2 is 2.00 bits per heavy atom. The van der Waals surface area contributed by atoms with Gasteiger partial charge < -0.3 is 20.3 Å². The first kappa shape index (κ1) is 16.6. The summed E-state index contributed by atoms with van der Waals surface area (Å²) < 4.78 is 5.27. The third kappa shape index (κ3) is 3.71. The molecule has 1 aromatic carbocycles. The molecule has 5 heteroatoms. The minimum Gasteiger partial charge on any atom is -0.497 e. The molecule has 1 saturated heterocycles. The molecule has 0 aliphatic carbocycles. The number of ether oxygens (including phenoxy) is 1. The van der Waals surface area contributed by atoms with Crippen LogP contribution in [0.4, 0.5) is 5.69 Å². The molecule has 0 bridgehead atoms. The van der Waals surface area contributed by atoms with Crippen molar-refractivity contribution in [1.82, 2.24) is 4.90 Å². The number of piperazine rings is 1. The third-order valence-electron chi connectivity index (χ3n) is 4.24. The molecule has 5 nitrogen and oxygen atoms in total. The van der Waals surface area contributed by atoms with Crippen LogP contribution >= 0.6 is 0 Å².